The van der Waals surface area contributed by atoms with Gasteiger partial charge in [-0.1, -0.05) is 31.2 Å². The summed E-state index contributed by atoms with van der Waals surface area (Å²) < 4.78 is 19.3. The molecule has 6 heteroatoms. The second-order valence-electron chi connectivity index (χ2n) is 7.52. The molecule has 0 aromatic heterocycles. The molecule has 2 aromatic carbocycles. The average molecular weight is 394 g/mol. The Hall–Kier alpha value is -3.15. The van der Waals surface area contributed by atoms with Crippen LogP contribution < -0.4 is 9.64 Å². The molecule has 5 nitrogen and oxygen atoms in total. The van der Waals surface area contributed by atoms with Crippen molar-refractivity contribution in [3.63, 3.8) is 0 Å². The first kappa shape index (κ1) is 19.2. The number of anilines is 1. The number of methoxy groups -OCH3 is 1. The van der Waals surface area contributed by atoms with Gasteiger partial charge in [-0.05, 0) is 43.0 Å². The van der Waals surface area contributed by atoms with E-state index in [1.807, 2.05) is 17.0 Å². The Morgan fingerprint density at radius 3 is 2.41 bits per heavy atom. The van der Waals surface area contributed by atoms with Crippen LogP contribution in [0.5, 0.6) is 5.75 Å². The van der Waals surface area contributed by atoms with Crippen LogP contribution in [0, 0.1) is 11.7 Å². The molecule has 1 fully saturated rings. The van der Waals surface area contributed by atoms with Crippen molar-refractivity contribution in [1.29, 1.82) is 0 Å². The number of piperidine rings is 1. The van der Waals surface area contributed by atoms with Gasteiger partial charge in [0.25, 0.3) is 11.8 Å². The third-order valence-corrected chi connectivity index (χ3v) is 5.60. The van der Waals surface area contributed by atoms with Gasteiger partial charge in [0.2, 0.25) is 0 Å². The molecule has 150 valence electrons. The number of ether oxygens (including phenoxy) is 1. The smallest absolute Gasteiger partial charge is 0.282 e. The number of carbonyl (C=O) groups is 2. The first-order valence-electron chi connectivity index (χ1n) is 9.78. The molecule has 0 N–H and O–H groups in total. The lowest BCUT2D eigenvalue weighted by atomic mass is 9.97. The SMILES string of the molecule is COc1ccccc1C1=C(N2CCC(C)CC2)C(=O)N(c2cccc(F)c2)C1=O. The van der Waals surface area contributed by atoms with E-state index in [-0.39, 0.29) is 5.69 Å². The van der Waals surface area contributed by atoms with E-state index in [4.69, 9.17) is 4.74 Å². The number of carbonyl (C=O) groups excluding carboxylic acids is 2. The summed E-state index contributed by atoms with van der Waals surface area (Å²) in [6, 6.07) is 12.7. The summed E-state index contributed by atoms with van der Waals surface area (Å²) in [6.45, 7) is 3.59. The highest BCUT2D eigenvalue weighted by Crippen LogP contribution is 2.39. The van der Waals surface area contributed by atoms with Crippen LogP contribution in [0.25, 0.3) is 5.57 Å². The molecule has 0 aliphatic carbocycles. The average Bonchev–Trinajstić information content (AvgIpc) is 2.98. The maximum absolute atomic E-state index is 13.8. The molecule has 2 aromatic rings. The molecule has 1 saturated heterocycles. The zero-order valence-electron chi connectivity index (χ0n) is 16.5. The Morgan fingerprint density at radius 1 is 1.00 bits per heavy atom. The number of likely N-dealkylation sites (tertiary alicyclic amines) is 1. The number of benzene rings is 2. The maximum Gasteiger partial charge on any atom is 0.282 e. The lowest BCUT2D eigenvalue weighted by molar-refractivity contribution is -0.120. The minimum Gasteiger partial charge on any atom is -0.496 e. The fourth-order valence-corrected chi connectivity index (χ4v) is 3.99. The minimum atomic E-state index is -0.498. The number of para-hydroxylation sites is 1. The molecular formula is C23H23FN2O3. The number of hydrogen-bond donors (Lipinski definition) is 0. The van der Waals surface area contributed by atoms with Crippen LogP contribution in [0.15, 0.2) is 54.2 Å². The first-order chi connectivity index (χ1) is 14.0. The van der Waals surface area contributed by atoms with Gasteiger partial charge in [0.1, 0.15) is 17.3 Å². The summed E-state index contributed by atoms with van der Waals surface area (Å²) in [7, 11) is 1.53. The number of hydrogen-bond acceptors (Lipinski definition) is 4. The Morgan fingerprint density at radius 2 is 1.72 bits per heavy atom. The summed E-state index contributed by atoms with van der Waals surface area (Å²) >= 11 is 0. The summed E-state index contributed by atoms with van der Waals surface area (Å²) in [5.74, 6) is -0.280. The van der Waals surface area contributed by atoms with Crippen molar-refractivity contribution in [2.24, 2.45) is 5.92 Å². The Balaban J connectivity index is 1.85. The number of amides is 2. The van der Waals surface area contributed by atoms with Gasteiger partial charge in [-0.3, -0.25) is 9.59 Å². The summed E-state index contributed by atoms with van der Waals surface area (Å²) in [6.07, 6.45) is 1.90. The lowest BCUT2D eigenvalue weighted by Crippen LogP contribution is -2.38. The Bertz CT molecular complexity index is 993. The molecule has 0 radical (unpaired) electrons. The quantitative estimate of drug-likeness (QED) is 0.739. The van der Waals surface area contributed by atoms with Gasteiger partial charge in [0, 0.05) is 18.7 Å². The second kappa shape index (κ2) is 7.70. The monoisotopic (exact) mass is 394 g/mol. The predicted molar refractivity (Wildman–Crippen MR) is 109 cm³/mol. The largest absolute Gasteiger partial charge is 0.496 e. The highest BCUT2D eigenvalue weighted by atomic mass is 19.1. The minimum absolute atomic E-state index is 0.229. The van der Waals surface area contributed by atoms with Crippen LogP contribution in [0.4, 0.5) is 10.1 Å². The lowest BCUT2D eigenvalue weighted by Gasteiger charge is -2.32. The Labute approximate surface area is 169 Å². The first-order valence-corrected chi connectivity index (χ1v) is 9.78. The molecule has 2 aliphatic heterocycles. The number of nitrogens with zero attached hydrogens (tertiary/aromatic N) is 2. The highest BCUT2D eigenvalue weighted by molar-refractivity contribution is 6.45. The van der Waals surface area contributed by atoms with E-state index in [9.17, 15) is 14.0 Å². The summed E-state index contributed by atoms with van der Waals surface area (Å²) in [5, 5.41) is 0. The van der Waals surface area contributed by atoms with Crippen LogP contribution in [-0.2, 0) is 9.59 Å². The predicted octanol–water partition coefficient (Wildman–Crippen LogP) is 3.85. The fraction of sp³-hybridized carbons (Fsp3) is 0.304. The molecule has 0 spiro atoms. The maximum atomic E-state index is 13.8. The van der Waals surface area contributed by atoms with E-state index < -0.39 is 17.6 Å². The molecule has 0 unspecified atom stereocenters. The summed E-state index contributed by atoms with van der Waals surface area (Å²) in [5.41, 5.74) is 1.48. The van der Waals surface area contributed by atoms with E-state index in [1.165, 1.54) is 25.3 Å². The molecule has 2 heterocycles. The van der Waals surface area contributed by atoms with Crippen LogP contribution in [-0.4, -0.2) is 36.9 Å². The number of rotatable bonds is 4. The number of halogens is 1. The zero-order valence-corrected chi connectivity index (χ0v) is 16.5. The van der Waals surface area contributed by atoms with Crippen molar-refractivity contribution in [1.82, 2.24) is 4.90 Å². The molecule has 2 aliphatic rings. The molecule has 2 amide bonds. The normalized spacial score (nSPS) is 18.0. The van der Waals surface area contributed by atoms with Gasteiger partial charge in [0.05, 0.1) is 18.4 Å². The van der Waals surface area contributed by atoms with Gasteiger partial charge in [0.15, 0.2) is 0 Å². The second-order valence-corrected chi connectivity index (χ2v) is 7.52. The third kappa shape index (κ3) is 3.39. The fourth-order valence-electron chi connectivity index (χ4n) is 3.99. The topological polar surface area (TPSA) is 49.9 Å². The molecule has 0 saturated carbocycles. The standard InChI is InChI=1S/C23H23FN2O3/c1-15-10-12-25(13-11-15)21-20(18-8-3-4-9-19(18)29-2)22(27)26(23(21)28)17-7-5-6-16(24)14-17/h3-9,14-15H,10-13H2,1-2H3. The highest BCUT2D eigenvalue weighted by Gasteiger charge is 2.43. The van der Waals surface area contributed by atoms with E-state index in [0.29, 0.717) is 41.6 Å². The van der Waals surface area contributed by atoms with Crippen molar-refractivity contribution in [3.8, 4) is 5.75 Å². The van der Waals surface area contributed by atoms with E-state index >= 15 is 0 Å². The van der Waals surface area contributed by atoms with Crippen LogP contribution in [0.1, 0.15) is 25.3 Å². The molecule has 0 atom stereocenters. The van der Waals surface area contributed by atoms with Crippen molar-refractivity contribution in [3.05, 3.63) is 65.6 Å². The number of imide groups is 1. The molecular weight excluding hydrogens is 371 g/mol. The van der Waals surface area contributed by atoms with Gasteiger partial charge in [-0.15, -0.1) is 0 Å². The van der Waals surface area contributed by atoms with E-state index in [0.717, 1.165) is 17.7 Å². The van der Waals surface area contributed by atoms with Crippen LogP contribution in [0.2, 0.25) is 0 Å². The van der Waals surface area contributed by atoms with E-state index in [1.54, 1.807) is 18.2 Å². The van der Waals surface area contributed by atoms with Gasteiger partial charge in [-0.2, -0.15) is 0 Å². The molecule has 29 heavy (non-hydrogen) atoms. The zero-order chi connectivity index (χ0) is 20.5. The van der Waals surface area contributed by atoms with Crippen molar-refractivity contribution >= 4 is 23.1 Å². The molecule has 4 rings (SSSR count). The molecule has 0 bridgehead atoms. The van der Waals surface area contributed by atoms with E-state index in [2.05, 4.69) is 6.92 Å². The van der Waals surface area contributed by atoms with Crippen LogP contribution in [0.3, 0.4) is 0 Å². The third-order valence-electron chi connectivity index (χ3n) is 5.60. The van der Waals surface area contributed by atoms with Gasteiger partial charge < -0.3 is 9.64 Å². The van der Waals surface area contributed by atoms with Crippen molar-refractivity contribution in [2.45, 2.75) is 19.8 Å². The van der Waals surface area contributed by atoms with Crippen molar-refractivity contribution < 1.29 is 18.7 Å². The Kier molecular flexibility index (Phi) is 5.09. The van der Waals surface area contributed by atoms with Gasteiger partial charge >= 0.3 is 0 Å². The van der Waals surface area contributed by atoms with Crippen LogP contribution >= 0.6 is 0 Å². The summed E-state index contributed by atoms with van der Waals surface area (Å²) in [4.78, 5) is 29.9. The van der Waals surface area contributed by atoms with Gasteiger partial charge in [-0.25, -0.2) is 9.29 Å². The van der Waals surface area contributed by atoms with Crippen molar-refractivity contribution in [2.75, 3.05) is 25.1 Å².